The summed E-state index contributed by atoms with van der Waals surface area (Å²) in [6.45, 7) is 0. The van der Waals surface area contributed by atoms with Crippen molar-refractivity contribution < 1.29 is 9.42 Å². The molecule has 1 aromatic carbocycles. The van der Waals surface area contributed by atoms with Crippen LogP contribution in [0.3, 0.4) is 0 Å². The Morgan fingerprint density at radius 3 is 3.05 bits per heavy atom. The van der Waals surface area contributed by atoms with E-state index in [1.54, 1.807) is 18.3 Å². The van der Waals surface area contributed by atoms with Gasteiger partial charge in [-0.15, -0.1) is 0 Å². The number of aromatic nitrogens is 4. The van der Waals surface area contributed by atoms with Gasteiger partial charge in [0, 0.05) is 5.56 Å². The second kappa shape index (κ2) is 4.53. The number of carbonyl (C=O) groups is 1. The number of rotatable bonds is 2. The highest BCUT2D eigenvalue weighted by Crippen LogP contribution is 2.41. The highest BCUT2D eigenvalue weighted by molar-refractivity contribution is 5.87. The van der Waals surface area contributed by atoms with Crippen molar-refractivity contribution >= 4 is 23.1 Å². The minimum absolute atomic E-state index is 0.206. The monoisotopic (exact) mass is 292 g/mol. The quantitative estimate of drug-likeness (QED) is 0.686. The standard InChI is InChI=1S/C14H8N6O2/c15-4-8-11(6-21)17-14-9(5-16-18-14)12(8)7-2-1-3-10-13(7)20-22-19-10/h1-3,5-6,12H,(H2,16,17,18). The third-order valence-electron chi connectivity index (χ3n) is 3.68. The average molecular weight is 292 g/mol. The van der Waals surface area contributed by atoms with E-state index in [0.29, 0.717) is 28.7 Å². The summed E-state index contributed by atoms with van der Waals surface area (Å²) in [4.78, 5) is 11.3. The van der Waals surface area contributed by atoms with E-state index in [1.165, 1.54) is 0 Å². The molecule has 1 aliphatic rings. The van der Waals surface area contributed by atoms with Gasteiger partial charge in [-0.3, -0.25) is 9.89 Å². The first-order valence-corrected chi connectivity index (χ1v) is 6.44. The zero-order valence-electron chi connectivity index (χ0n) is 11.1. The van der Waals surface area contributed by atoms with Crippen LogP contribution in [0.15, 0.2) is 40.3 Å². The normalized spacial score (nSPS) is 17.0. The van der Waals surface area contributed by atoms with Crippen molar-refractivity contribution in [2.24, 2.45) is 0 Å². The minimum atomic E-state index is -0.462. The zero-order valence-corrected chi connectivity index (χ0v) is 11.1. The third-order valence-corrected chi connectivity index (χ3v) is 3.68. The van der Waals surface area contributed by atoms with Crippen LogP contribution >= 0.6 is 0 Å². The molecule has 0 saturated heterocycles. The maximum Gasteiger partial charge on any atom is 0.167 e. The van der Waals surface area contributed by atoms with E-state index in [1.807, 2.05) is 6.07 Å². The lowest BCUT2D eigenvalue weighted by molar-refractivity contribution is -0.104. The number of benzene rings is 1. The van der Waals surface area contributed by atoms with Crippen molar-refractivity contribution in [3.63, 3.8) is 0 Å². The van der Waals surface area contributed by atoms with E-state index in [4.69, 9.17) is 4.63 Å². The van der Waals surface area contributed by atoms with Gasteiger partial charge in [-0.05, 0) is 21.9 Å². The lowest BCUT2D eigenvalue weighted by Gasteiger charge is -2.23. The number of H-pyrrole nitrogens is 1. The van der Waals surface area contributed by atoms with Gasteiger partial charge in [0.15, 0.2) is 6.29 Å². The smallest absolute Gasteiger partial charge is 0.167 e. The van der Waals surface area contributed by atoms with E-state index >= 15 is 0 Å². The van der Waals surface area contributed by atoms with Crippen LogP contribution in [0.25, 0.3) is 11.0 Å². The summed E-state index contributed by atoms with van der Waals surface area (Å²) in [5, 5.41) is 26.9. The molecule has 8 nitrogen and oxygen atoms in total. The molecule has 2 N–H and O–H groups in total. The summed E-state index contributed by atoms with van der Waals surface area (Å²) in [5.74, 6) is 0.121. The van der Waals surface area contributed by atoms with E-state index in [0.717, 1.165) is 11.1 Å². The number of fused-ring (bicyclic) bond motifs is 2. The number of nitriles is 1. The summed E-state index contributed by atoms with van der Waals surface area (Å²) in [6.07, 6.45) is 2.24. The fraction of sp³-hybridized carbons (Fsp3) is 0.0714. The van der Waals surface area contributed by atoms with Gasteiger partial charge < -0.3 is 5.32 Å². The van der Waals surface area contributed by atoms with Crippen LogP contribution in [0, 0.1) is 11.3 Å². The summed E-state index contributed by atoms with van der Waals surface area (Å²) in [5.41, 5.74) is 3.15. The molecule has 0 spiro atoms. The van der Waals surface area contributed by atoms with Gasteiger partial charge >= 0.3 is 0 Å². The van der Waals surface area contributed by atoms with Gasteiger partial charge in [0.05, 0.1) is 29.5 Å². The molecule has 8 heteroatoms. The topological polar surface area (TPSA) is 120 Å². The van der Waals surface area contributed by atoms with Crippen LogP contribution in [0.4, 0.5) is 5.82 Å². The number of aldehydes is 1. The lowest BCUT2D eigenvalue weighted by Crippen LogP contribution is -2.18. The lowest BCUT2D eigenvalue weighted by atomic mass is 9.83. The Morgan fingerprint density at radius 2 is 2.23 bits per heavy atom. The number of nitrogens with zero attached hydrogens (tertiary/aromatic N) is 4. The summed E-state index contributed by atoms with van der Waals surface area (Å²) < 4.78 is 4.78. The number of hydrogen-bond donors (Lipinski definition) is 2. The summed E-state index contributed by atoms with van der Waals surface area (Å²) in [7, 11) is 0. The van der Waals surface area contributed by atoms with Crippen LogP contribution < -0.4 is 5.32 Å². The highest BCUT2D eigenvalue weighted by atomic mass is 16.6. The van der Waals surface area contributed by atoms with E-state index < -0.39 is 5.92 Å². The number of aromatic amines is 1. The number of anilines is 1. The van der Waals surface area contributed by atoms with Crippen molar-refractivity contribution in [1.82, 2.24) is 20.5 Å². The molecular weight excluding hydrogens is 284 g/mol. The molecule has 0 saturated carbocycles. The molecule has 0 radical (unpaired) electrons. The Balaban J connectivity index is 2.04. The molecule has 22 heavy (non-hydrogen) atoms. The van der Waals surface area contributed by atoms with Crippen LogP contribution in [0.5, 0.6) is 0 Å². The fourth-order valence-electron chi connectivity index (χ4n) is 2.73. The van der Waals surface area contributed by atoms with Crippen molar-refractivity contribution in [1.29, 1.82) is 5.26 Å². The number of hydrogen-bond acceptors (Lipinski definition) is 7. The SMILES string of the molecule is N#CC1=C(C=O)Nc2[nH]ncc2C1c1cccc2nonc12. The van der Waals surface area contributed by atoms with Crippen LogP contribution in [-0.4, -0.2) is 26.8 Å². The predicted molar refractivity (Wildman–Crippen MR) is 74.6 cm³/mol. The number of nitrogens with one attached hydrogen (secondary N) is 2. The van der Waals surface area contributed by atoms with E-state index in [2.05, 4.69) is 31.9 Å². The van der Waals surface area contributed by atoms with Crippen molar-refractivity contribution in [3.8, 4) is 6.07 Å². The van der Waals surface area contributed by atoms with Crippen molar-refractivity contribution in [2.75, 3.05) is 5.32 Å². The predicted octanol–water partition coefficient (Wildman–Crippen LogP) is 1.48. The molecule has 1 unspecified atom stereocenters. The van der Waals surface area contributed by atoms with Crippen LogP contribution in [0.2, 0.25) is 0 Å². The molecule has 106 valence electrons. The largest absolute Gasteiger partial charge is 0.337 e. The molecule has 4 rings (SSSR count). The Bertz CT molecular complexity index is 961. The first kappa shape index (κ1) is 12.3. The second-order valence-corrected chi connectivity index (χ2v) is 4.79. The summed E-state index contributed by atoms with van der Waals surface area (Å²) >= 11 is 0. The first-order valence-electron chi connectivity index (χ1n) is 6.44. The molecule has 1 aliphatic heterocycles. The van der Waals surface area contributed by atoms with Crippen molar-refractivity contribution in [3.05, 3.63) is 46.8 Å². The van der Waals surface area contributed by atoms with Crippen LogP contribution in [-0.2, 0) is 4.79 Å². The van der Waals surface area contributed by atoms with E-state index in [9.17, 15) is 10.1 Å². The molecule has 0 amide bonds. The van der Waals surface area contributed by atoms with Gasteiger partial charge in [-0.25, -0.2) is 4.63 Å². The van der Waals surface area contributed by atoms with Gasteiger partial charge in [0.1, 0.15) is 16.9 Å². The molecule has 2 aromatic heterocycles. The fourth-order valence-corrected chi connectivity index (χ4v) is 2.73. The van der Waals surface area contributed by atoms with Gasteiger partial charge in [0.2, 0.25) is 0 Å². The molecule has 0 fully saturated rings. The highest BCUT2D eigenvalue weighted by Gasteiger charge is 2.32. The molecule has 3 heterocycles. The maximum absolute atomic E-state index is 11.3. The molecular formula is C14H8N6O2. The van der Waals surface area contributed by atoms with Gasteiger partial charge in [-0.2, -0.15) is 10.4 Å². The molecule has 1 atom stereocenters. The third kappa shape index (κ3) is 1.56. The number of allylic oxidation sites excluding steroid dienone is 2. The van der Waals surface area contributed by atoms with Gasteiger partial charge in [-0.1, -0.05) is 12.1 Å². The Labute approximate surface area is 123 Å². The second-order valence-electron chi connectivity index (χ2n) is 4.79. The molecule has 0 aliphatic carbocycles. The summed E-state index contributed by atoms with van der Waals surface area (Å²) in [6, 6.07) is 7.51. The average Bonchev–Trinajstić information content (AvgIpc) is 3.20. The Morgan fingerprint density at radius 1 is 1.32 bits per heavy atom. The Hall–Kier alpha value is -3.47. The van der Waals surface area contributed by atoms with E-state index in [-0.39, 0.29) is 5.70 Å². The zero-order chi connectivity index (χ0) is 15.1. The molecule has 0 bridgehead atoms. The van der Waals surface area contributed by atoms with Crippen LogP contribution in [0.1, 0.15) is 17.0 Å². The minimum Gasteiger partial charge on any atom is -0.337 e. The molecule has 3 aromatic rings. The van der Waals surface area contributed by atoms with Gasteiger partial charge in [0.25, 0.3) is 0 Å². The Kier molecular flexibility index (Phi) is 2.53. The number of carbonyl (C=O) groups excluding carboxylic acids is 1. The first-order chi connectivity index (χ1) is 10.8. The van der Waals surface area contributed by atoms with Crippen molar-refractivity contribution in [2.45, 2.75) is 5.92 Å². The maximum atomic E-state index is 11.3.